The molecule has 0 fully saturated rings. The Kier molecular flexibility index (Phi) is 6.16. The number of ether oxygens (including phenoxy) is 2. The molecule has 1 aliphatic rings. The zero-order valence-corrected chi connectivity index (χ0v) is 17.6. The number of pyridine rings is 1. The molecule has 2 aromatic heterocycles. The second-order valence-electron chi connectivity index (χ2n) is 7.53. The molecule has 4 rings (SSSR count). The number of amides is 1. The van der Waals surface area contributed by atoms with Crippen LogP contribution in [0.3, 0.4) is 0 Å². The summed E-state index contributed by atoms with van der Waals surface area (Å²) in [5.41, 5.74) is 2.34. The largest absolute Gasteiger partial charge is 0.454 e. The number of aromatic nitrogens is 3. The first kappa shape index (κ1) is 20.2. The topological polar surface area (TPSA) is 69.5 Å². The Morgan fingerprint density at radius 3 is 2.83 bits per heavy atom. The number of carbonyl (C=O) groups is 1. The number of unbranched alkanes of at least 4 members (excludes halogenated alkanes) is 2. The van der Waals surface area contributed by atoms with Gasteiger partial charge in [0.05, 0.1) is 6.54 Å². The summed E-state index contributed by atoms with van der Waals surface area (Å²) >= 11 is 0. The van der Waals surface area contributed by atoms with E-state index in [0.717, 1.165) is 49.2 Å². The van der Waals surface area contributed by atoms with Gasteiger partial charge in [0.2, 0.25) is 6.79 Å². The molecule has 0 bridgehead atoms. The molecular formula is C23H28N4O3. The Morgan fingerprint density at radius 1 is 1.13 bits per heavy atom. The average molecular weight is 409 g/mol. The number of rotatable bonds is 9. The summed E-state index contributed by atoms with van der Waals surface area (Å²) in [6.45, 7) is 6.45. The van der Waals surface area contributed by atoms with Crippen LogP contribution in [0.2, 0.25) is 0 Å². The minimum absolute atomic E-state index is 0.0209. The van der Waals surface area contributed by atoms with Crippen LogP contribution in [0.25, 0.3) is 11.2 Å². The number of imidazole rings is 1. The number of fused-ring (bicyclic) bond motifs is 2. The average Bonchev–Trinajstić information content (AvgIpc) is 3.37. The van der Waals surface area contributed by atoms with Crippen LogP contribution in [-0.2, 0) is 13.1 Å². The van der Waals surface area contributed by atoms with Crippen molar-refractivity contribution in [2.24, 2.45) is 0 Å². The lowest BCUT2D eigenvalue weighted by molar-refractivity contribution is 0.0733. The van der Waals surface area contributed by atoms with Gasteiger partial charge < -0.3 is 18.9 Å². The second-order valence-corrected chi connectivity index (χ2v) is 7.53. The number of hydrogen-bond acceptors (Lipinski definition) is 5. The zero-order chi connectivity index (χ0) is 20.9. The van der Waals surface area contributed by atoms with Crippen molar-refractivity contribution in [3.05, 3.63) is 47.9 Å². The molecule has 0 unspecified atom stereocenters. The molecule has 7 nitrogen and oxygen atoms in total. The van der Waals surface area contributed by atoms with E-state index in [9.17, 15) is 4.79 Å². The summed E-state index contributed by atoms with van der Waals surface area (Å²) in [6.07, 6.45) is 5.90. The van der Waals surface area contributed by atoms with Crippen LogP contribution in [0, 0.1) is 0 Å². The van der Waals surface area contributed by atoms with Gasteiger partial charge in [-0.3, -0.25) is 4.79 Å². The van der Waals surface area contributed by atoms with Crippen molar-refractivity contribution < 1.29 is 14.3 Å². The number of benzene rings is 1. The predicted molar refractivity (Wildman–Crippen MR) is 115 cm³/mol. The molecule has 0 spiro atoms. The van der Waals surface area contributed by atoms with Gasteiger partial charge >= 0.3 is 0 Å². The number of carbonyl (C=O) groups excluding carboxylic acids is 1. The van der Waals surface area contributed by atoms with Crippen molar-refractivity contribution >= 4 is 17.1 Å². The zero-order valence-electron chi connectivity index (χ0n) is 17.6. The SMILES string of the molecule is CCCCCN(Cc1nc2cccnc2n1CCC)C(=O)c1ccc2c(c1)OCO2. The van der Waals surface area contributed by atoms with E-state index in [1.165, 1.54) is 0 Å². The maximum absolute atomic E-state index is 13.4. The van der Waals surface area contributed by atoms with Gasteiger partial charge in [0.1, 0.15) is 11.3 Å². The third kappa shape index (κ3) is 4.10. The fourth-order valence-electron chi connectivity index (χ4n) is 3.77. The molecule has 0 atom stereocenters. The van der Waals surface area contributed by atoms with Gasteiger partial charge in [0, 0.05) is 24.8 Å². The minimum Gasteiger partial charge on any atom is -0.454 e. The molecule has 0 aliphatic carbocycles. The molecule has 158 valence electrons. The van der Waals surface area contributed by atoms with E-state index in [2.05, 4.69) is 23.4 Å². The molecule has 1 aliphatic heterocycles. The summed E-state index contributed by atoms with van der Waals surface area (Å²) in [4.78, 5) is 24.6. The fraction of sp³-hybridized carbons (Fsp3) is 0.435. The van der Waals surface area contributed by atoms with E-state index in [-0.39, 0.29) is 12.7 Å². The molecule has 0 saturated carbocycles. The van der Waals surface area contributed by atoms with E-state index < -0.39 is 0 Å². The van der Waals surface area contributed by atoms with E-state index in [1.807, 2.05) is 17.0 Å². The van der Waals surface area contributed by atoms with E-state index in [0.29, 0.717) is 30.2 Å². The molecular weight excluding hydrogens is 380 g/mol. The highest BCUT2D eigenvalue weighted by Crippen LogP contribution is 2.33. The quantitative estimate of drug-likeness (QED) is 0.491. The summed E-state index contributed by atoms with van der Waals surface area (Å²) in [5, 5.41) is 0. The summed E-state index contributed by atoms with van der Waals surface area (Å²) in [5.74, 6) is 2.15. The molecule has 7 heteroatoms. The van der Waals surface area contributed by atoms with Crippen LogP contribution in [0.5, 0.6) is 11.5 Å². The van der Waals surface area contributed by atoms with Crippen LogP contribution < -0.4 is 9.47 Å². The first-order valence-corrected chi connectivity index (χ1v) is 10.7. The number of hydrogen-bond donors (Lipinski definition) is 0. The van der Waals surface area contributed by atoms with Crippen LogP contribution in [0.1, 0.15) is 55.7 Å². The van der Waals surface area contributed by atoms with Crippen LogP contribution in [0.15, 0.2) is 36.5 Å². The third-order valence-corrected chi connectivity index (χ3v) is 5.30. The monoisotopic (exact) mass is 408 g/mol. The first-order valence-electron chi connectivity index (χ1n) is 10.7. The predicted octanol–water partition coefficient (Wildman–Crippen LogP) is 4.40. The van der Waals surface area contributed by atoms with Gasteiger partial charge in [-0.15, -0.1) is 0 Å². The maximum atomic E-state index is 13.4. The molecule has 0 N–H and O–H groups in total. The van der Waals surface area contributed by atoms with Crippen molar-refractivity contribution in [3.8, 4) is 11.5 Å². The standard InChI is InChI=1S/C23H28N4O3/c1-3-5-6-13-26(23(28)17-9-10-19-20(14-17)30-16-29-19)15-21-25-18-8-7-11-24-22(18)27(21)12-4-2/h7-11,14H,3-6,12-13,15-16H2,1-2H3. The van der Waals surface area contributed by atoms with Gasteiger partial charge in [0.15, 0.2) is 17.1 Å². The molecule has 3 aromatic rings. The summed E-state index contributed by atoms with van der Waals surface area (Å²) < 4.78 is 13.0. The Balaban J connectivity index is 1.63. The molecule has 0 radical (unpaired) electrons. The van der Waals surface area contributed by atoms with Crippen molar-refractivity contribution in [3.63, 3.8) is 0 Å². The molecule has 30 heavy (non-hydrogen) atoms. The first-order chi connectivity index (χ1) is 14.7. The highest BCUT2D eigenvalue weighted by molar-refractivity contribution is 5.95. The Morgan fingerprint density at radius 2 is 2.00 bits per heavy atom. The van der Waals surface area contributed by atoms with Gasteiger partial charge in [-0.2, -0.15) is 0 Å². The van der Waals surface area contributed by atoms with E-state index in [4.69, 9.17) is 14.5 Å². The normalized spacial score (nSPS) is 12.5. The van der Waals surface area contributed by atoms with Crippen LogP contribution in [-0.4, -0.2) is 38.7 Å². The number of aryl methyl sites for hydroxylation is 1. The summed E-state index contributed by atoms with van der Waals surface area (Å²) in [7, 11) is 0. The molecule has 0 saturated heterocycles. The number of nitrogens with zero attached hydrogens (tertiary/aromatic N) is 4. The highest BCUT2D eigenvalue weighted by Gasteiger charge is 2.22. The van der Waals surface area contributed by atoms with Gasteiger partial charge in [0.25, 0.3) is 5.91 Å². The molecule has 1 aromatic carbocycles. The fourth-order valence-corrected chi connectivity index (χ4v) is 3.77. The maximum Gasteiger partial charge on any atom is 0.254 e. The Hall–Kier alpha value is -3.09. The van der Waals surface area contributed by atoms with Gasteiger partial charge in [-0.25, -0.2) is 9.97 Å². The van der Waals surface area contributed by atoms with Gasteiger partial charge in [-0.1, -0.05) is 26.7 Å². The lowest BCUT2D eigenvalue weighted by Crippen LogP contribution is -2.32. The minimum atomic E-state index is -0.0209. The van der Waals surface area contributed by atoms with Crippen molar-refractivity contribution in [1.29, 1.82) is 0 Å². The smallest absolute Gasteiger partial charge is 0.254 e. The van der Waals surface area contributed by atoms with E-state index >= 15 is 0 Å². The van der Waals surface area contributed by atoms with Gasteiger partial charge in [-0.05, 0) is 43.2 Å². The second kappa shape index (κ2) is 9.15. The van der Waals surface area contributed by atoms with E-state index in [1.54, 1.807) is 24.4 Å². The third-order valence-electron chi connectivity index (χ3n) is 5.30. The highest BCUT2D eigenvalue weighted by atomic mass is 16.7. The van der Waals surface area contributed by atoms with Crippen LogP contribution >= 0.6 is 0 Å². The summed E-state index contributed by atoms with van der Waals surface area (Å²) in [6, 6.07) is 9.24. The van der Waals surface area contributed by atoms with Crippen LogP contribution in [0.4, 0.5) is 0 Å². The molecule has 3 heterocycles. The van der Waals surface area contributed by atoms with Crippen molar-refractivity contribution in [2.75, 3.05) is 13.3 Å². The Bertz CT molecular complexity index is 1030. The Labute approximate surface area is 176 Å². The van der Waals surface area contributed by atoms with Crippen molar-refractivity contribution in [1.82, 2.24) is 19.4 Å². The molecule has 1 amide bonds. The van der Waals surface area contributed by atoms with Crippen molar-refractivity contribution in [2.45, 2.75) is 52.6 Å². The lowest BCUT2D eigenvalue weighted by atomic mass is 10.1. The lowest BCUT2D eigenvalue weighted by Gasteiger charge is -2.23.